The van der Waals surface area contributed by atoms with Crippen molar-refractivity contribution in [2.24, 2.45) is 0 Å². The molecule has 1 saturated carbocycles. The molecular formula is C33H41N3O5S2. The number of amides is 2. The number of aryl methyl sites for hydroxylation is 1. The van der Waals surface area contributed by atoms with Gasteiger partial charge < -0.3 is 15.0 Å². The summed E-state index contributed by atoms with van der Waals surface area (Å²) in [5, 5.41) is 3.10. The Kier molecular flexibility index (Phi) is 11.2. The Labute approximate surface area is 259 Å². The standard InChI is InChI=1S/C33H41N3O5S2/c1-5-41-31-16-9-8-15-30(31)36(43(39,40)29-19-17-28(42-4)18-20-29)23-32(37)35(22-26-12-10-11-24(2)21-26)25(3)33(38)34-27-13-6-7-14-27/h8-12,15-21,25,27H,5-7,13-14,22-23H2,1-4H3,(H,34,38). The molecule has 1 fully saturated rings. The second-order valence-corrected chi connectivity index (χ2v) is 13.5. The van der Waals surface area contributed by atoms with Crippen LogP contribution in [0.1, 0.15) is 50.7 Å². The van der Waals surface area contributed by atoms with Gasteiger partial charge in [-0.3, -0.25) is 13.9 Å². The van der Waals surface area contributed by atoms with Crippen LogP contribution in [0.4, 0.5) is 5.69 Å². The van der Waals surface area contributed by atoms with Gasteiger partial charge in [-0.05, 0) is 81.8 Å². The van der Waals surface area contributed by atoms with Gasteiger partial charge in [-0.25, -0.2) is 8.42 Å². The maximum atomic E-state index is 14.2. The van der Waals surface area contributed by atoms with Gasteiger partial charge in [0.25, 0.3) is 10.0 Å². The van der Waals surface area contributed by atoms with Gasteiger partial charge in [-0.2, -0.15) is 0 Å². The van der Waals surface area contributed by atoms with Gasteiger partial charge in [0, 0.05) is 17.5 Å². The lowest BCUT2D eigenvalue weighted by atomic mass is 10.1. The van der Waals surface area contributed by atoms with E-state index in [-0.39, 0.29) is 29.1 Å². The number of sulfonamides is 1. The van der Waals surface area contributed by atoms with Crippen molar-refractivity contribution in [1.29, 1.82) is 0 Å². The molecule has 1 unspecified atom stereocenters. The van der Waals surface area contributed by atoms with Crippen molar-refractivity contribution in [3.05, 3.63) is 83.9 Å². The number of nitrogens with zero attached hydrogens (tertiary/aromatic N) is 2. The number of nitrogens with one attached hydrogen (secondary N) is 1. The summed E-state index contributed by atoms with van der Waals surface area (Å²) < 4.78 is 35.3. The third kappa shape index (κ3) is 8.12. The highest BCUT2D eigenvalue weighted by Gasteiger charge is 2.34. The van der Waals surface area contributed by atoms with E-state index >= 15 is 0 Å². The number of benzene rings is 3. The van der Waals surface area contributed by atoms with Crippen LogP contribution in [0.25, 0.3) is 0 Å². The molecule has 43 heavy (non-hydrogen) atoms. The first-order valence-electron chi connectivity index (χ1n) is 14.7. The molecule has 0 aromatic heterocycles. The van der Waals surface area contributed by atoms with Crippen LogP contribution in [0, 0.1) is 6.92 Å². The lowest BCUT2D eigenvalue weighted by Gasteiger charge is -2.33. The zero-order valence-corrected chi connectivity index (χ0v) is 26.9. The minimum absolute atomic E-state index is 0.0571. The minimum Gasteiger partial charge on any atom is -0.492 e. The largest absolute Gasteiger partial charge is 0.492 e. The monoisotopic (exact) mass is 623 g/mol. The molecule has 3 aromatic carbocycles. The van der Waals surface area contributed by atoms with Crippen LogP contribution < -0.4 is 14.4 Å². The van der Waals surface area contributed by atoms with E-state index in [0.717, 1.165) is 46.0 Å². The molecule has 3 aromatic rings. The maximum absolute atomic E-state index is 14.2. The summed E-state index contributed by atoms with van der Waals surface area (Å²) in [6.07, 6.45) is 5.88. The van der Waals surface area contributed by atoms with Crippen LogP contribution in [0.15, 0.2) is 82.6 Å². The van der Waals surface area contributed by atoms with Crippen molar-refractivity contribution in [3.63, 3.8) is 0 Å². The molecule has 0 bridgehead atoms. The molecular weight excluding hydrogens is 583 g/mol. The first kappa shape index (κ1) is 32.4. The second kappa shape index (κ2) is 14.8. The number of rotatable bonds is 13. The van der Waals surface area contributed by atoms with E-state index in [2.05, 4.69) is 5.32 Å². The fourth-order valence-electron chi connectivity index (χ4n) is 5.31. The average Bonchev–Trinajstić information content (AvgIpc) is 3.52. The summed E-state index contributed by atoms with van der Waals surface area (Å²) in [4.78, 5) is 30.1. The molecule has 1 aliphatic rings. The summed E-state index contributed by atoms with van der Waals surface area (Å²) in [5.41, 5.74) is 2.13. The van der Waals surface area contributed by atoms with Gasteiger partial charge in [0.05, 0.1) is 17.2 Å². The van der Waals surface area contributed by atoms with E-state index in [9.17, 15) is 18.0 Å². The fraction of sp³-hybridized carbons (Fsp3) is 0.394. The zero-order valence-electron chi connectivity index (χ0n) is 25.3. The summed E-state index contributed by atoms with van der Waals surface area (Å²) in [7, 11) is -4.20. The molecule has 1 N–H and O–H groups in total. The number of carbonyl (C=O) groups is 2. The molecule has 2 amide bonds. The van der Waals surface area contributed by atoms with Crippen molar-refractivity contribution in [2.45, 2.75) is 74.9 Å². The molecule has 0 aliphatic heterocycles. The number of hydrogen-bond donors (Lipinski definition) is 1. The van der Waals surface area contributed by atoms with Crippen LogP contribution in [-0.4, -0.2) is 56.6 Å². The normalized spacial score (nSPS) is 14.2. The Morgan fingerprint density at radius 3 is 2.37 bits per heavy atom. The van der Waals surface area contributed by atoms with Crippen LogP contribution in [0.2, 0.25) is 0 Å². The Balaban J connectivity index is 1.73. The Morgan fingerprint density at radius 2 is 1.72 bits per heavy atom. The molecule has 0 radical (unpaired) electrons. The third-order valence-corrected chi connectivity index (χ3v) is 10.2. The second-order valence-electron chi connectivity index (χ2n) is 10.8. The van der Waals surface area contributed by atoms with Crippen LogP contribution in [0.5, 0.6) is 5.75 Å². The highest BCUT2D eigenvalue weighted by Crippen LogP contribution is 2.33. The summed E-state index contributed by atoms with van der Waals surface area (Å²) in [5.74, 6) is -0.393. The van der Waals surface area contributed by atoms with E-state index in [1.54, 1.807) is 55.5 Å². The van der Waals surface area contributed by atoms with E-state index < -0.39 is 28.5 Å². The first-order valence-corrected chi connectivity index (χ1v) is 17.3. The van der Waals surface area contributed by atoms with Gasteiger partial charge in [0.1, 0.15) is 18.3 Å². The van der Waals surface area contributed by atoms with Crippen molar-refractivity contribution in [1.82, 2.24) is 10.2 Å². The van der Waals surface area contributed by atoms with Gasteiger partial charge in [-0.15, -0.1) is 11.8 Å². The summed E-state index contributed by atoms with van der Waals surface area (Å²) in [6.45, 7) is 5.45. The molecule has 0 saturated heterocycles. The molecule has 4 rings (SSSR count). The lowest BCUT2D eigenvalue weighted by molar-refractivity contribution is -0.139. The van der Waals surface area contributed by atoms with Crippen LogP contribution in [0.3, 0.4) is 0 Å². The zero-order chi connectivity index (χ0) is 31.0. The predicted octanol–water partition coefficient (Wildman–Crippen LogP) is 5.79. The fourth-order valence-corrected chi connectivity index (χ4v) is 7.14. The molecule has 1 aliphatic carbocycles. The first-order chi connectivity index (χ1) is 20.6. The van der Waals surface area contributed by atoms with Gasteiger partial charge in [-0.1, -0.05) is 54.8 Å². The molecule has 10 heteroatoms. The lowest BCUT2D eigenvalue weighted by Crippen LogP contribution is -2.52. The Hall–Kier alpha value is -3.50. The van der Waals surface area contributed by atoms with Gasteiger partial charge >= 0.3 is 0 Å². The third-order valence-electron chi connectivity index (χ3n) is 7.66. The molecule has 230 valence electrons. The highest BCUT2D eigenvalue weighted by molar-refractivity contribution is 7.98. The highest BCUT2D eigenvalue weighted by atomic mass is 32.2. The molecule has 8 nitrogen and oxygen atoms in total. The maximum Gasteiger partial charge on any atom is 0.264 e. The summed E-state index contributed by atoms with van der Waals surface area (Å²) >= 11 is 1.51. The smallest absolute Gasteiger partial charge is 0.264 e. The molecule has 0 spiro atoms. The van der Waals surface area contributed by atoms with Crippen LogP contribution >= 0.6 is 11.8 Å². The van der Waals surface area contributed by atoms with Crippen molar-refractivity contribution in [3.8, 4) is 5.75 Å². The van der Waals surface area contributed by atoms with E-state index in [1.807, 2.05) is 44.4 Å². The van der Waals surface area contributed by atoms with Crippen LogP contribution in [-0.2, 0) is 26.2 Å². The predicted molar refractivity (Wildman–Crippen MR) is 172 cm³/mol. The summed E-state index contributed by atoms with van der Waals surface area (Å²) in [6, 6.07) is 20.4. The minimum atomic E-state index is -4.20. The number of ether oxygens (including phenoxy) is 1. The van der Waals surface area contributed by atoms with E-state index in [4.69, 9.17) is 4.74 Å². The number of anilines is 1. The van der Waals surface area contributed by atoms with Gasteiger partial charge in [0.15, 0.2) is 0 Å². The number of hydrogen-bond acceptors (Lipinski definition) is 6. The topological polar surface area (TPSA) is 96.0 Å². The number of carbonyl (C=O) groups excluding carboxylic acids is 2. The van der Waals surface area contributed by atoms with Crippen molar-refractivity contribution >= 4 is 39.3 Å². The Bertz CT molecular complexity index is 1500. The quantitative estimate of drug-likeness (QED) is 0.242. The SMILES string of the molecule is CCOc1ccccc1N(CC(=O)N(Cc1cccc(C)c1)C(C)C(=O)NC1CCCC1)S(=O)(=O)c1ccc(SC)cc1. The van der Waals surface area contributed by atoms with E-state index in [0.29, 0.717) is 12.4 Å². The van der Waals surface area contributed by atoms with Crippen molar-refractivity contribution in [2.75, 3.05) is 23.7 Å². The molecule has 1 atom stereocenters. The number of para-hydroxylation sites is 2. The Morgan fingerprint density at radius 1 is 1.02 bits per heavy atom. The molecule has 0 heterocycles. The van der Waals surface area contributed by atoms with Gasteiger partial charge in [0.2, 0.25) is 11.8 Å². The number of thioether (sulfide) groups is 1. The van der Waals surface area contributed by atoms with E-state index in [1.165, 1.54) is 16.7 Å². The average molecular weight is 624 g/mol. The van der Waals surface area contributed by atoms with Crippen molar-refractivity contribution < 1.29 is 22.7 Å².